The van der Waals surface area contributed by atoms with Crippen LogP contribution in [0.4, 0.5) is 0 Å². The Bertz CT molecular complexity index is 1820. The zero-order valence-electron chi connectivity index (χ0n) is 35.3. The maximum Gasteiger partial charge on any atom is 0.303 e. The molecule has 0 bridgehead atoms. The van der Waals surface area contributed by atoms with E-state index in [9.17, 15) is 33.9 Å². The molecule has 5 N–H and O–H groups in total. The average molecular weight is 793 g/mol. The topological polar surface area (TPSA) is 190 Å². The molecule has 57 heavy (non-hydrogen) atoms. The number of aliphatic hydroxyl groups is 1. The van der Waals surface area contributed by atoms with Crippen LogP contribution in [0, 0.1) is 11.3 Å². The highest BCUT2D eigenvalue weighted by atomic mass is 16.4. The van der Waals surface area contributed by atoms with Gasteiger partial charge < -0.3 is 30.3 Å². The van der Waals surface area contributed by atoms with Crippen LogP contribution >= 0.6 is 0 Å². The minimum Gasteiger partial charge on any atom is -0.481 e. The highest BCUT2D eigenvalue weighted by Gasteiger charge is 2.44. The Morgan fingerprint density at radius 2 is 1.53 bits per heavy atom. The largest absolute Gasteiger partial charge is 0.481 e. The molecule has 314 valence electrons. The van der Waals surface area contributed by atoms with Gasteiger partial charge in [-0.3, -0.25) is 39.0 Å². The summed E-state index contributed by atoms with van der Waals surface area (Å²) in [6.07, 6.45) is 7.25. The summed E-state index contributed by atoms with van der Waals surface area (Å²) in [7, 11) is 3.59. The number of carbonyl (C=O) groups excluding carboxylic acids is 5. The van der Waals surface area contributed by atoms with Gasteiger partial charge in [0.2, 0.25) is 17.7 Å². The summed E-state index contributed by atoms with van der Waals surface area (Å²) in [5.74, 6) is -2.88. The van der Waals surface area contributed by atoms with E-state index in [1.807, 2.05) is 96.6 Å². The number of aryl methyl sites for hydroxylation is 1. The Kier molecular flexibility index (Phi) is 16.4. The Hall–Kier alpha value is -4.82. The van der Waals surface area contributed by atoms with Crippen molar-refractivity contribution >= 4 is 46.4 Å². The fourth-order valence-corrected chi connectivity index (χ4v) is 7.18. The summed E-state index contributed by atoms with van der Waals surface area (Å²) >= 11 is 0. The molecule has 1 aliphatic heterocycles. The molecule has 2 heterocycles. The van der Waals surface area contributed by atoms with E-state index in [-0.39, 0.29) is 48.9 Å². The van der Waals surface area contributed by atoms with Crippen molar-refractivity contribution in [1.29, 1.82) is 0 Å². The van der Waals surface area contributed by atoms with Crippen LogP contribution in [-0.4, -0.2) is 105 Å². The van der Waals surface area contributed by atoms with E-state index in [1.54, 1.807) is 18.9 Å². The quantitative estimate of drug-likeness (QED) is 0.0535. The van der Waals surface area contributed by atoms with E-state index in [4.69, 9.17) is 5.11 Å². The van der Waals surface area contributed by atoms with E-state index in [2.05, 4.69) is 16.0 Å². The highest BCUT2D eigenvalue weighted by molar-refractivity contribution is 6.12. The van der Waals surface area contributed by atoms with Crippen LogP contribution in [0.3, 0.4) is 0 Å². The van der Waals surface area contributed by atoms with Crippen LogP contribution < -0.4 is 16.0 Å². The first-order valence-corrected chi connectivity index (χ1v) is 19.8. The van der Waals surface area contributed by atoms with Gasteiger partial charge in [0.05, 0.1) is 6.04 Å². The normalized spacial score (nSPS) is 15.9. The number of carbonyl (C=O) groups is 6. The van der Waals surface area contributed by atoms with Gasteiger partial charge in [-0.2, -0.15) is 0 Å². The number of hydrogen-bond donors (Lipinski definition) is 5. The first kappa shape index (κ1) is 46.6. The molecule has 3 rings (SSSR count). The number of carboxylic acid groups (broad SMARTS) is 1. The maximum absolute atomic E-state index is 14.7. The number of likely N-dealkylation sites (N-methyl/N-ethyl adjacent to an activating group) is 1. The molecule has 1 aliphatic rings. The number of aliphatic hydroxyl groups excluding tert-OH is 1. The number of nitrogens with one attached hydrogen (secondary N) is 3. The van der Waals surface area contributed by atoms with Crippen LogP contribution in [0.2, 0.25) is 0 Å². The molecule has 0 aliphatic carbocycles. The molecular formula is C43H64N6O8. The minimum absolute atomic E-state index is 0.0246. The summed E-state index contributed by atoms with van der Waals surface area (Å²) in [6.45, 7) is 15.6. The smallest absolute Gasteiger partial charge is 0.303 e. The number of nitrogens with zero attached hydrogens (tertiary/aromatic N) is 3. The Balaban J connectivity index is 1.87. The number of hydrogen-bond acceptors (Lipinski definition) is 8. The number of unbranched alkanes of at least 4 members (excludes halogenated alkanes) is 2. The summed E-state index contributed by atoms with van der Waals surface area (Å²) in [6, 6.07) is 5.28. The summed E-state index contributed by atoms with van der Waals surface area (Å²) in [4.78, 5) is 80.2. The zero-order valence-corrected chi connectivity index (χ0v) is 35.3. The molecule has 2 aromatic rings. The van der Waals surface area contributed by atoms with Crippen LogP contribution in [0.5, 0.6) is 0 Å². The first-order chi connectivity index (χ1) is 26.6. The summed E-state index contributed by atoms with van der Waals surface area (Å²) < 4.78 is 1.98. The van der Waals surface area contributed by atoms with Gasteiger partial charge in [0, 0.05) is 68.1 Å². The van der Waals surface area contributed by atoms with Gasteiger partial charge in [0.1, 0.15) is 18.3 Å². The molecule has 4 unspecified atom stereocenters. The van der Waals surface area contributed by atoms with Gasteiger partial charge in [0.25, 0.3) is 11.8 Å². The fourth-order valence-electron chi connectivity index (χ4n) is 7.18. The van der Waals surface area contributed by atoms with Crippen LogP contribution in [-0.2, 0) is 41.2 Å². The third kappa shape index (κ3) is 12.3. The number of carboxylic acids is 1. The van der Waals surface area contributed by atoms with Crippen molar-refractivity contribution in [2.45, 2.75) is 124 Å². The molecule has 1 aromatic carbocycles. The van der Waals surface area contributed by atoms with Gasteiger partial charge in [-0.15, -0.1) is 0 Å². The molecule has 14 nitrogen and oxygen atoms in total. The second-order valence-corrected chi connectivity index (χ2v) is 17.1. The lowest BCUT2D eigenvalue weighted by Crippen LogP contribution is -2.62. The molecule has 4 atom stereocenters. The number of fused-ring (bicyclic) bond motifs is 1. The summed E-state index contributed by atoms with van der Waals surface area (Å²) in [5.41, 5.74) is 0.674. The molecule has 0 saturated carbocycles. The number of imide groups is 1. The van der Waals surface area contributed by atoms with Gasteiger partial charge >= 0.3 is 5.97 Å². The van der Waals surface area contributed by atoms with Gasteiger partial charge in [-0.25, -0.2) is 0 Å². The first-order valence-electron chi connectivity index (χ1n) is 19.8. The molecule has 0 radical (unpaired) electrons. The Morgan fingerprint density at radius 3 is 2.12 bits per heavy atom. The summed E-state index contributed by atoms with van der Waals surface area (Å²) in [5, 5.41) is 29.6. The molecule has 5 amide bonds. The van der Waals surface area contributed by atoms with Crippen molar-refractivity contribution in [2.75, 3.05) is 20.1 Å². The predicted molar refractivity (Wildman–Crippen MR) is 220 cm³/mol. The second kappa shape index (κ2) is 20.0. The molecular weight excluding hydrogens is 729 g/mol. The highest BCUT2D eigenvalue weighted by Crippen LogP contribution is 2.35. The van der Waals surface area contributed by atoms with E-state index in [1.165, 1.54) is 17.1 Å². The average Bonchev–Trinajstić information content (AvgIpc) is 3.65. The van der Waals surface area contributed by atoms with Crippen molar-refractivity contribution in [3.63, 3.8) is 0 Å². The lowest BCUT2D eigenvalue weighted by atomic mass is 9.76. The molecule has 0 saturated heterocycles. The molecule has 14 heteroatoms. The Labute approximate surface area is 337 Å². The van der Waals surface area contributed by atoms with Crippen molar-refractivity contribution in [2.24, 2.45) is 18.4 Å². The molecule has 1 aromatic heterocycles. The van der Waals surface area contributed by atoms with Crippen LogP contribution in [0.1, 0.15) is 99.5 Å². The Morgan fingerprint density at radius 1 is 0.895 bits per heavy atom. The predicted octanol–water partition coefficient (Wildman–Crippen LogP) is 4.16. The van der Waals surface area contributed by atoms with E-state index in [0.717, 1.165) is 16.5 Å². The van der Waals surface area contributed by atoms with Crippen molar-refractivity contribution in [3.05, 3.63) is 59.8 Å². The van der Waals surface area contributed by atoms with Crippen molar-refractivity contribution < 1.29 is 39.0 Å². The number of para-hydroxylation sites is 1. The third-order valence-corrected chi connectivity index (χ3v) is 10.7. The maximum atomic E-state index is 14.7. The van der Waals surface area contributed by atoms with E-state index < -0.39 is 47.1 Å². The van der Waals surface area contributed by atoms with Gasteiger partial charge in [0.15, 0.2) is 0 Å². The van der Waals surface area contributed by atoms with Crippen LogP contribution in [0.15, 0.2) is 54.3 Å². The monoisotopic (exact) mass is 792 g/mol. The number of aromatic nitrogens is 1. The SMILES string of the molecule is CC(=CC(C(C)C)N(C)C(=O)C(NC(=O)C(NC(=O)CCCCCN1C(=O)C=CC1=O)C(C)(C)c1cn(C)c2ccccc12)C(C)(C)C)C(O)NCCCC(=O)O. The third-order valence-electron chi connectivity index (χ3n) is 10.7. The molecule has 0 spiro atoms. The lowest BCUT2D eigenvalue weighted by molar-refractivity contribution is -0.141. The second-order valence-electron chi connectivity index (χ2n) is 17.1. The zero-order chi connectivity index (χ0) is 42.8. The van der Waals surface area contributed by atoms with E-state index >= 15 is 0 Å². The van der Waals surface area contributed by atoms with E-state index in [0.29, 0.717) is 37.8 Å². The van der Waals surface area contributed by atoms with Gasteiger partial charge in [-0.05, 0) is 61.3 Å². The van der Waals surface area contributed by atoms with Crippen LogP contribution in [0.25, 0.3) is 10.9 Å². The lowest BCUT2D eigenvalue weighted by Gasteiger charge is -2.40. The number of rotatable bonds is 21. The number of amides is 5. The molecule has 0 fully saturated rings. The standard InChI is InChI=1S/C43H64N6O8/c1-27(2)32(25-28(3)39(55)44-23-16-20-36(53)54)48(10)41(57)38(42(4,5)6)46-40(56)37(43(7,8)30-26-47(9)31-18-14-13-17-29(30)31)45-33(50)19-12-11-15-24-49-34(51)21-22-35(49)52/h13-14,17-18,21-22,25-27,32,37-39,44,55H,11-12,15-16,19-20,23-24H2,1-10H3,(H,45,50)(H,46,56)(H,53,54). The van der Waals surface area contributed by atoms with Crippen molar-refractivity contribution in [1.82, 2.24) is 30.3 Å². The number of aliphatic carboxylic acids is 1. The van der Waals surface area contributed by atoms with Crippen molar-refractivity contribution in [3.8, 4) is 0 Å². The van der Waals surface area contributed by atoms with Gasteiger partial charge in [-0.1, -0.05) is 79.2 Å². The fraction of sp³-hybridized carbons (Fsp3) is 0.581. The minimum atomic E-state index is -1.09. The number of benzene rings is 1.